The molecule has 3 unspecified atom stereocenters. The topological polar surface area (TPSA) is 155 Å². The number of esters is 1. The van der Waals surface area contributed by atoms with Gasteiger partial charge in [0.1, 0.15) is 12.1 Å². The van der Waals surface area contributed by atoms with Crippen molar-refractivity contribution < 1.29 is 42.7 Å². The molecule has 0 aliphatic carbocycles. The van der Waals surface area contributed by atoms with Crippen LogP contribution in [0.1, 0.15) is 232 Å². The number of hydrogen-bond donors (Lipinski definition) is 3. The van der Waals surface area contributed by atoms with Crippen molar-refractivity contribution in [1.82, 2.24) is 0 Å². The predicted molar refractivity (Wildman–Crippen MR) is 245 cm³/mol. The number of allylic oxidation sites excluding steroid dienone is 4. The van der Waals surface area contributed by atoms with E-state index in [9.17, 15) is 19.0 Å². The van der Waals surface area contributed by atoms with E-state index in [0.717, 1.165) is 57.8 Å². The van der Waals surface area contributed by atoms with Crippen molar-refractivity contribution in [3.63, 3.8) is 0 Å². The maximum Gasteiger partial charge on any atom is 0.472 e. The van der Waals surface area contributed by atoms with Gasteiger partial charge in [-0.2, -0.15) is 0 Å². The molecule has 3 atom stereocenters. The molecule has 348 valence electrons. The molecule has 0 fully saturated rings. The number of carboxylic acids is 1. The molecule has 0 heterocycles. The van der Waals surface area contributed by atoms with Gasteiger partial charge >= 0.3 is 19.8 Å². The smallest absolute Gasteiger partial charge is 0.472 e. The fourth-order valence-corrected chi connectivity index (χ4v) is 7.71. The van der Waals surface area contributed by atoms with Crippen molar-refractivity contribution in [2.45, 2.75) is 244 Å². The Bertz CT molecular complexity index is 1040. The Hall–Kier alpha value is -1.55. The Balaban J connectivity index is 4.12. The zero-order valence-electron chi connectivity index (χ0n) is 38.1. The van der Waals surface area contributed by atoms with Gasteiger partial charge in [-0.15, -0.1) is 0 Å². The van der Waals surface area contributed by atoms with Gasteiger partial charge in [0.25, 0.3) is 0 Å². The highest BCUT2D eigenvalue weighted by Crippen LogP contribution is 2.43. The highest BCUT2D eigenvalue weighted by molar-refractivity contribution is 7.47. The van der Waals surface area contributed by atoms with E-state index in [4.69, 9.17) is 29.4 Å². The van der Waals surface area contributed by atoms with Crippen LogP contribution in [0.3, 0.4) is 0 Å². The Morgan fingerprint density at radius 3 is 1.41 bits per heavy atom. The highest BCUT2D eigenvalue weighted by atomic mass is 31.2. The number of rotatable bonds is 47. The van der Waals surface area contributed by atoms with Gasteiger partial charge in [-0.1, -0.05) is 205 Å². The minimum absolute atomic E-state index is 0.0157. The molecule has 0 aromatic rings. The first-order valence-corrected chi connectivity index (χ1v) is 25.9. The summed E-state index contributed by atoms with van der Waals surface area (Å²) in [5, 5.41) is 8.91. The van der Waals surface area contributed by atoms with Gasteiger partial charge in [-0.3, -0.25) is 18.6 Å². The van der Waals surface area contributed by atoms with E-state index in [1.165, 1.54) is 148 Å². The SMILES string of the molecule is CCCCC/C=C\C/C=C\CCCCCCCC(=O)OC(COCCCCCCCCCCCCCCCCCCCCCCCC)COP(=O)(O)OCC(N)C(=O)O. The van der Waals surface area contributed by atoms with Crippen molar-refractivity contribution in [1.29, 1.82) is 0 Å². The molecular formula is C48H92NO9P. The number of hydrogen-bond acceptors (Lipinski definition) is 8. The van der Waals surface area contributed by atoms with Crippen molar-refractivity contribution in [2.75, 3.05) is 26.4 Å². The predicted octanol–water partition coefficient (Wildman–Crippen LogP) is 13.9. The molecule has 0 aromatic carbocycles. The summed E-state index contributed by atoms with van der Waals surface area (Å²) in [5.41, 5.74) is 5.36. The standard InChI is InChI=1S/C48H92NO9P/c1-3-5-7-9-11-13-15-17-19-20-21-22-23-24-25-27-29-31-33-35-37-39-41-55-42-45(43-56-59(53,54)57-44-46(49)48(51)52)58-47(50)40-38-36-34-32-30-28-26-18-16-14-12-10-8-6-4-2/h12,14,18,26,45-46H,3-11,13,15-17,19-25,27-44,49H2,1-2H3,(H,51,52)(H,53,54)/b14-12-,26-18-. The molecule has 59 heavy (non-hydrogen) atoms. The number of carboxylic acid groups (broad SMARTS) is 1. The van der Waals surface area contributed by atoms with Crippen LogP contribution in [-0.4, -0.2) is 60.5 Å². The molecule has 0 aliphatic rings. The third-order valence-corrected chi connectivity index (χ3v) is 11.7. The molecule has 0 radical (unpaired) electrons. The summed E-state index contributed by atoms with van der Waals surface area (Å²) in [6, 6.07) is -1.47. The van der Waals surface area contributed by atoms with Gasteiger partial charge in [-0.25, -0.2) is 4.57 Å². The number of carbonyl (C=O) groups is 2. The number of ether oxygens (including phenoxy) is 2. The van der Waals surface area contributed by atoms with E-state index in [2.05, 4.69) is 38.2 Å². The first-order valence-electron chi connectivity index (χ1n) is 24.4. The van der Waals surface area contributed by atoms with Crippen LogP contribution < -0.4 is 5.73 Å². The lowest BCUT2D eigenvalue weighted by Gasteiger charge is -2.20. The number of phosphoric ester groups is 1. The molecule has 0 saturated carbocycles. The largest absolute Gasteiger partial charge is 0.480 e. The quantitative estimate of drug-likeness (QED) is 0.0233. The summed E-state index contributed by atoms with van der Waals surface area (Å²) in [5.74, 6) is -1.78. The summed E-state index contributed by atoms with van der Waals surface area (Å²) < 4.78 is 33.4. The lowest BCUT2D eigenvalue weighted by molar-refractivity contribution is -0.154. The zero-order valence-corrected chi connectivity index (χ0v) is 39.0. The third kappa shape index (κ3) is 44.3. The summed E-state index contributed by atoms with van der Waals surface area (Å²) in [7, 11) is -4.62. The lowest BCUT2D eigenvalue weighted by atomic mass is 10.0. The second-order valence-corrected chi connectivity index (χ2v) is 18.1. The molecule has 10 nitrogen and oxygen atoms in total. The molecule has 11 heteroatoms. The lowest BCUT2D eigenvalue weighted by Crippen LogP contribution is -2.34. The molecule has 0 aliphatic heterocycles. The maximum absolute atomic E-state index is 12.6. The molecule has 0 bridgehead atoms. The van der Waals surface area contributed by atoms with Crippen LogP contribution in [0.2, 0.25) is 0 Å². The van der Waals surface area contributed by atoms with Crippen LogP contribution in [0, 0.1) is 0 Å². The van der Waals surface area contributed by atoms with Gasteiger partial charge in [0.15, 0.2) is 0 Å². The fourth-order valence-electron chi connectivity index (χ4n) is 6.93. The van der Waals surface area contributed by atoms with E-state index in [1.807, 2.05) is 0 Å². The van der Waals surface area contributed by atoms with Crippen LogP contribution in [0.4, 0.5) is 0 Å². The number of unbranched alkanes of at least 4 members (excludes halogenated alkanes) is 29. The van der Waals surface area contributed by atoms with E-state index in [-0.39, 0.29) is 13.0 Å². The number of aliphatic carboxylic acids is 1. The molecule has 0 aromatic heterocycles. The van der Waals surface area contributed by atoms with Crippen molar-refractivity contribution in [2.24, 2.45) is 5.73 Å². The summed E-state index contributed by atoms with van der Waals surface area (Å²) in [6.45, 7) is 3.88. The van der Waals surface area contributed by atoms with E-state index in [0.29, 0.717) is 13.0 Å². The second kappa shape index (κ2) is 44.5. The fraction of sp³-hybridized carbons (Fsp3) is 0.875. The third-order valence-electron chi connectivity index (χ3n) is 10.7. The highest BCUT2D eigenvalue weighted by Gasteiger charge is 2.27. The van der Waals surface area contributed by atoms with Crippen LogP contribution in [0.5, 0.6) is 0 Å². The normalized spacial score (nSPS) is 14.0. The molecule has 0 spiro atoms. The first-order chi connectivity index (χ1) is 28.7. The number of phosphoric acid groups is 1. The molecular weight excluding hydrogens is 766 g/mol. The number of carbonyl (C=O) groups excluding carboxylic acids is 1. The van der Waals surface area contributed by atoms with Crippen molar-refractivity contribution in [3.8, 4) is 0 Å². The van der Waals surface area contributed by atoms with Gasteiger partial charge in [-0.05, 0) is 44.9 Å². The maximum atomic E-state index is 12.6. The van der Waals surface area contributed by atoms with Crippen molar-refractivity contribution in [3.05, 3.63) is 24.3 Å². The number of nitrogens with two attached hydrogens (primary N) is 1. The Kier molecular flexibility index (Phi) is 43.3. The molecule has 0 amide bonds. The zero-order chi connectivity index (χ0) is 43.3. The Morgan fingerprint density at radius 2 is 0.932 bits per heavy atom. The van der Waals surface area contributed by atoms with Gasteiger partial charge in [0.05, 0.1) is 19.8 Å². The second-order valence-electron chi connectivity index (χ2n) is 16.6. The van der Waals surface area contributed by atoms with Crippen LogP contribution in [0.25, 0.3) is 0 Å². The summed E-state index contributed by atoms with van der Waals surface area (Å²) in [4.78, 5) is 33.6. The van der Waals surface area contributed by atoms with Crippen molar-refractivity contribution >= 4 is 19.8 Å². The van der Waals surface area contributed by atoms with Gasteiger partial charge in [0.2, 0.25) is 0 Å². The summed E-state index contributed by atoms with van der Waals surface area (Å²) >= 11 is 0. The average Bonchev–Trinajstić information content (AvgIpc) is 3.21. The minimum Gasteiger partial charge on any atom is -0.480 e. The van der Waals surface area contributed by atoms with Crippen LogP contribution in [-0.2, 0) is 32.7 Å². The molecule has 0 saturated heterocycles. The van der Waals surface area contributed by atoms with Gasteiger partial charge in [0, 0.05) is 13.0 Å². The van der Waals surface area contributed by atoms with E-state index < -0.39 is 45.1 Å². The van der Waals surface area contributed by atoms with E-state index >= 15 is 0 Å². The Morgan fingerprint density at radius 1 is 0.542 bits per heavy atom. The first kappa shape index (κ1) is 57.4. The van der Waals surface area contributed by atoms with Crippen LogP contribution >= 0.6 is 7.82 Å². The van der Waals surface area contributed by atoms with Gasteiger partial charge < -0.3 is 25.2 Å². The average molecular weight is 858 g/mol. The minimum atomic E-state index is -4.62. The van der Waals surface area contributed by atoms with Crippen LogP contribution in [0.15, 0.2) is 24.3 Å². The summed E-state index contributed by atoms with van der Waals surface area (Å²) in [6.07, 6.45) is 49.5. The molecule has 4 N–H and O–H groups in total. The van der Waals surface area contributed by atoms with E-state index in [1.54, 1.807) is 0 Å². The Labute approximate surface area is 362 Å². The molecule has 0 rings (SSSR count). The monoisotopic (exact) mass is 858 g/mol.